The molecule has 0 aliphatic rings. The van der Waals surface area contributed by atoms with Crippen molar-refractivity contribution in [1.29, 1.82) is 0 Å². The van der Waals surface area contributed by atoms with Gasteiger partial charge in [-0.1, -0.05) is 0 Å². The van der Waals surface area contributed by atoms with Gasteiger partial charge in [-0.15, -0.1) is 0 Å². The van der Waals surface area contributed by atoms with E-state index in [1.54, 1.807) is 0 Å². The first-order valence-electron chi connectivity index (χ1n) is 3.35. The van der Waals surface area contributed by atoms with E-state index in [-0.39, 0.29) is 0 Å². The molecule has 0 radical (unpaired) electrons. The van der Waals surface area contributed by atoms with Crippen LogP contribution >= 0.6 is 12.2 Å². The van der Waals surface area contributed by atoms with Crippen LogP contribution in [0.15, 0.2) is 36.4 Å². The Morgan fingerprint density at radius 1 is 1.00 bits per heavy atom. The molecule has 0 spiro atoms. The van der Waals surface area contributed by atoms with Crippen molar-refractivity contribution in [2.75, 3.05) is 0 Å². The van der Waals surface area contributed by atoms with Gasteiger partial charge in [-0.3, -0.25) is 0 Å². The van der Waals surface area contributed by atoms with E-state index in [9.17, 15) is 0 Å². The average Bonchev–Trinajstić information content (AvgIpc) is 2.04. The molecule has 0 unspecified atom stereocenters. The summed E-state index contributed by atoms with van der Waals surface area (Å²) in [5.74, 6) is 0. The van der Waals surface area contributed by atoms with Gasteiger partial charge in [-0.25, -0.2) is 0 Å². The fraction of sp³-hybridized carbons (Fsp3) is 0. The minimum atomic E-state index is 0.390. The quantitative estimate of drug-likeness (QED) is 0.490. The number of hydrogen-bond donors (Lipinski definition) is 0. The van der Waals surface area contributed by atoms with Crippen LogP contribution in [0.1, 0.15) is 0 Å². The number of fused-ring (bicyclic) bond motifs is 1. The predicted molar refractivity (Wildman–Crippen MR) is 51.7 cm³/mol. The molecule has 1 aromatic heterocycles. The zero-order chi connectivity index (χ0) is 7.68. The topological polar surface area (TPSA) is 0 Å². The second-order valence-corrected chi connectivity index (χ2v) is 5.59. The van der Waals surface area contributed by atoms with Gasteiger partial charge in [0.25, 0.3) is 0 Å². The van der Waals surface area contributed by atoms with E-state index in [1.807, 2.05) is 6.07 Å². The van der Waals surface area contributed by atoms with Crippen molar-refractivity contribution in [3.8, 4) is 0 Å². The Kier molecular flexibility index (Phi) is 1.91. The maximum atomic E-state index is 5.12. The normalized spacial score (nSPS) is 10.2. The van der Waals surface area contributed by atoms with Crippen LogP contribution in [0.25, 0.3) is 9.65 Å². The van der Waals surface area contributed by atoms with E-state index >= 15 is 0 Å². The van der Waals surface area contributed by atoms with Crippen LogP contribution in [0.5, 0.6) is 0 Å². The molecule has 1 heterocycles. The van der Waals surface area contributed by atoms with E-state index in [2.05, 4.69) is 30.3 Å². The zero-order valence-corrected chi connectivity index (χ0v) is 8.31. The Labute approximate surface area is 76.2 Å². The van der Waals surface area contributed by atoms with Gasteiger partial charge in [-0.2, -0.15) is 0 Å². The van der Waals surface area contributed by atoms with Crippen LogP contribution in [0.3, 0.4) is 0 Å². The van der Waals surface area contributed by atoms with Crippen molar-refractivity contribution in [3.05, 3.63) is 39.8 Å². The van der Waals surface area contributed by atoms with Crippen LogP contribution < -0.4 is 0 Å². The fourth-order valence-electron chi connectivity index (χ4n) is 1.01. The van der Waals surface area contributed by atoms with Gasteiger partial charge < -0.3 is 0 Å². The summed E-state index contributed by atoms with van der Waals surface area (Å²) in [5, 5.41) is 1.33. The summed E-state index contributed by atoms with van der Waals surface area (Å²) in [5.41, 5.74) is 0. The molecule has 0 fully saturated rings. The minimum absolute atomic E-state index is 0.390. The summed E-state index contributed by atoms with van der Waals surface area (Å²) in [6, 6.07) is 12.6. The molecule has 0 nitrogen and oxygen atoms in total. The molecule has 0 N–H and O–H groups in total. The molecule has 1 aromatic carbocycles. The summed E-state index contributed by atoms with van der Waals surface area (Å²) >= 11 is 5.51. The van der Waals surface area contributed by atoms with Crippen LogP contribution in [-0.2, 0) is 0 Å². The molecule has 2 heteroatoms. The van der Waals surface area contributed by atoms with E-state index in [1.165, 1.54) is 9.65 Å². The molecule has 2 aromatic rings. The number of benzene rings is 1. The standard InChI is InChI=1S/C9H6SSe/c10-9-6-5-7-3-1-2-4-8(7)11-9/h1-6H. The molecule has 2 rings (SSSR count). The molecule has 0 atom stereocenters. The van der Waals surface area contributed by atoms with Crippen molar-refractivity contribution in [1.82, 2.24) is 0 Å². The van der Waals surface area contributed by atoms with E-state index in [0.717, 1.165) is 3.38 Å². The third-order valence-corrected chi connectivity index (χ3v) is 4.05. The molecule has 0 saturated carbocycles. The van der Waals surface area contributed by atoms with Crippen LogP contribution in [-0.4, -0.2) is 14.5 Å². The first-order valence-corrected chi connectivity index (χ1v) is 5.47. The van der Waals surface area contributed by atoms with E-state index in [0.29, 0.717) is 14.5 Å². The van der Waals surface area contributed by atoms with Gasteiger partial charge in [-0.05, 0) is 0 Å². The monoisotopic (exact) mass is 226 g/mol. The van der Waals surface area contributed by atoms with Crippen LogP contribution in [0.2, 0.25) is 0 Å². The number of hydrogen-bond acceptors (Lipinski definition) is 1. The first-order chi connectivity index (χ1) is 5.36. The molecule has 0 aliphatic carbocycles. The van der Waals surface area contributed by atoms with Gasteiger partial charge in [0.15, 0.2) is 0 Å². The van der Waals surface area contributed by atoms with E-state index in [4.69, 9.17) is 12.2 Å². The molecule has 0 aliphatic heterocycles. The Morgan fingerprint density at radius 3 is 2.73 bits per heavy atom. The second-order valence-electron chi connectivity index (χ2n) is 2.29. The molecule has 11 heavy (non-hydrogen) atoms. The summed E-state index contributed by atoms with van der Waals surface area (Å²) in [6.07, 6.45) is 0. The van der Waals surface area contributed by atoms with Crippen molar-refractivity contribution in [2.24, 2.45) is 0 Å². The first kappa shape index (κ1) is 7.23. The van der Waals surface area contributed by atoms with Crippen molar-refractivity contribution in [3.63, 3.8) is 0 Å². The molecule has 0 bridgehead atoms. The number of rotatable bonds is 0. The molecule has 0 saturated heterocycles. The van der Waals surface area contributed by atoms with Crippen molar-refractivity contribution < 1.29 is 0 Å². The second kappa shape index (κ2) is 2.90. The van der Waals surface area contributed by atoms with Gasteiger partial charge in [0.1, 0.15) is 0 Å². The molecular weight excluding hydrogens is 219 g/mol. The average molecular weight is 225 g/mol. The maximum absolute atomic E-state index is 5.12. The molecule has 0 amide bonds. The third-order valence-electron chi connectivity index (χ3n) is 1.53. The van der Waals surface area contributed by atoms with Gasteiger partial charge in [0.2, 0.25) is 0 Å². The van der Waals surface area contributed by atoms with Crippen molar-refractivity contribution in [2.45, 2.75) is 0 Å². The van der Waals surface area contributed by atoms with Gasteiger partial charge in [0.05, 0.1) is 0 Å². The summed E-state index contributed by atoms with van der Waals surface area (Å²) in [6.45, 7) is 0. The Balaban J connectivity index is 2.94. The van der Waals surface area contributed by atoms with Crippen LogP contribution in [0.4, 0.5) is 0 Å². The molecule has 54 valence electrons. The Hall–Kier alpha value is -0.431. The summed E-state index contributed by atoms with van der Waals surface area (Å²) < 4.78 is 2.50. The third kappa shape index (κ3) is 1.43. The summed E-state index contributed by atoms with van der Waals surface area (Å²) in [7, 11) is 0. The Morgan fingerprint density at radius 2 is 1.82 bits per heavy atom. The molecular formula is C9H6SSe. The van der Waals surface area contributed by atoms with E-state index < -0.39 is 0 Å². The van der Waals surface area contributed by atoms with Gasteiger partial charge >= 0.3 is 76.2 Å². The van der Waals surface area contributed by atoms with Gasteiger partial charge in [0, 0.05) is 0 Å². The van der Waals surface area contributed by atoms with Crippen molar-refractivity contribution >= 4 is 36.4 Å². The van der Waals surface area contributed by atoms with Crippen LogP contribution in [0, 0.1) is 3.38 Å². The Bertz CT molecular complexity index is 431. The SMILES string of the molecule is S=c1ccc2ccccc2[se]1. The fourth-order valence-corrected chi connectivity index (χ4v) is 3.13. The zero-order valence-electron chi connectivity index (χ0n) is 5.78. The summed E-state index contributed by atoms with van der Waals surface area (Å²) in [4.78, 5) is 0. The predicted octanol–water partition coefficient (Wildman–Crippen LogP) is 2.63.